The zero-order valence-electron chi connectivity index (χ0n) is 6.98. The van der Waals surface area contributed by atoms with Crippen molar-refractivity contribution in [1.29, 1.82) is 0 Å². The minimum atomic E-state index is -0.0677. The molecule has 0 aromatic heterocycles. The molecule has 0 aromatic carbocycles. The van der Waals surface area contributed by atoms with Crippen molar-refractivity contribution < 1.29 is 4.79 Å². The molecule has 0 aliphatic carbocycles. The second-order valence-electron chi connectivity index (χ2n) is 2.55. The molecule has 11 heavy (non-hydrogen) atoms. The maximum absolute atomic E-state index is 11.1. The van der Waals surface area contributed by atoms with Crippen molar-refractivity contribution in [3.05, 3.63) is 12.2 Å². The van der Waals surface area contributed by atoms with Crippen molar-refractivity contribution in [2.75, 3.05) is 6.54 Å². The quantitative estimate of drug-likeness (QED) is 0.568. The normalized spacial score (nSPS) is 12.3. The van der Waals surface area contributed by atoms with Gasteiger partial charge in [0.1, 0.15) is 0 Å². The fourth-order valence-corrected chi connectivity index (χ4v) is 0.696. The molecule has 1 unspecified atom stereocenters. The first-order valence-electron chi connectivity index (χ1n) is 3.64. The highest BCUT2D eigenvalue weighted by Crippen LogP contribution is 2.03. The van der Waals surface area contributed by atoms with Gasteiger partial charge in [0.25, 0.3) is 0 Å². The Labute approximate surface area is 76.2 Å². The number of amides is 1. The van der Waals surface area contributed by atoms with Crippen molar-refractivity contribution >= 4 is 21.8 Å². The van der Waals surface area contributed by atoms with E-state index in [-0.39, 0.29) is 10.7 Å². The average molecular weight is 220 g/mol. The van der Waals surface area contributed by atoms with Crippen LogP contribution < -0.4 is 5.32 Å². The van der Waals surface area contributed by atoms with Crippen LogP contribution in [0.5, 0.6) is 0 Å². The van der Waals surface area contributed by atoms with E-state index in [9.17, 15) is 4.79 Å². The predicted octanol–water partition coefficient (Wildman–Crippen LogP) is 1.85. The van der Waals surface area contributed by atoms with Crippen LogP contribution in [0.1, 0.15) is 20.3 Å². The van der Waals surface area contributed by atoms with Gasteiger partial charge in [-0.25, -0.2) is 0 Å². The molecule has 0 rings (SSSR count). The third-order valence-electron chi connectivity index (χ3n) is 1.21. The van der Waals surface area contributed by atoms with E-state index in [1.807, 2.05) is 13.8 Å². The summed E-state index contributed by atoms with van der Waals surface area (Å²) < 4.78 is 0. The Balaban J connectivity index is 3.60. The van der Waals surface area contributed by atoms with E-state index in [1.54, 1.807) is 0 Å². The van der Waals surface area contributed by atoms with E-state index in [4.69, 9.17) is 0 Å². The van der Waals surface area contributed by atoms with Gasteiger partial charge in [0.05, 0.1) is 4.83 Å². The molecule has 0 saturated carbocycles. The van der Waals surface area contributed by atoms with Crippen LogP contribution in [0, 0.1) is 0 Å². The number of alkyl halides is 1. The third-order valence-corrected chi connectivity index (χ3v) is 2.27. The van der Waals surface area contributed by atoms with Gasteiger partial charge in [-0.05, 0) is 13.3 Å². The molecule has 0 heterocycles. The lowest BCUT2D eigenvalue weighted by atomic mass is 10.3. The summed E-state index contributed by atoms with van der Waals surface area (Å²) in [5, 5.41) is 2.75. The molecule has 0 saturated heterocycles. The van der Waals surface area contributed by atoms with E-state index in [1.165, 1.54) is 0 Å². The van der Waals surface area contributed by atoms with Gasteiger partial charge in [0.15, 0.2) is 0 Å². The number of halogens is 1. The summed E-state index contributed by atoms with van der Waals surface area (Å²) in [5.41, 5.74) is 0.967. The molecular formula is C8H14BrNO. The van der Waals surface area contributed by atoms with Gasteiger partial charge >= 0.3 is 0 Å². The molecule has 1 amide bonds. The minimum absolute atomic E-state index is 0.0375. The lowest BCUT2D eigenvalue weighted by Gasteiger charge is -2.07. The fraction of sp³-hybridized carbons (Fsp3) is 0.625. The summed E-state index contributed by atoms with van der Waals surface area (Å²) in [4.78, 5) is 11.0. The van der Waals surface area contributed by atoms with Crippen molar-refractivity contribution in [2.45, 2.75) is 25.1 Å². The highest BCUT2D eigenvalue weighted by Gasteiger charge is 2.10. The van der Waals surface area contributed by atoms with Crippen LogP contribution in [0.4, 0.5) is 0 Å². The average Bonchev–Trinajstić information content (AvgIpc) is 1.98. The summed E-state index contributed by atoms with van der Waals surface area (Å²) in [6.07, 6.45) is 0.808. The summed E-state index contributed by atoms with van der Waals surface area (Å²) in [5.74, 6) is 0.0375. The van der Waals surface area contributed by atoms with Gasteiger partial charge in [-0.3, -0.25) is 4.79 Å². The molecule has 0 fully saturated rings. The number of carbonyl (C=O) groups excluding carboxylic acids is 1. The lowest BCUT2D eigenvalue weighted by Crippen LogP contribution is -2.31. The SMILES string of the molecule is C=C(C)CNC(=O)C(Br)CC. The van der Waals surface area contributed by atoms with Crippen LogP contribution >= 0.6 is 15.9 Å². The molecule has 0 aliphatic heterocycles. The maximum atomic E-state index is 11.1. The highest BCUT2D eigenvalue weighted by molar-refractivity contribution is 9.10. The predicted molar refractivity (Wildman–Crippen MR) is 50.8 cm³/mol. The first kappa shape index (κ1) is 10.7. The van der Waals surface area contributed by atoms with E-state index < -0.39 is 0 Å². The molecule has 0 radical (unpaired) electrons. The van der Waals surface area contributed by atoms with Crippen molar-refractivity contribution in [1.82, 2.24) is 5.32 Å². The Morgan fingerprint density at radius 3 is 2.64 bits per heavy atom. The van der Waals surface area contributed by atoms with Crippen molar-refractivity contribution in [3.63, 3.8) is 0 Å². The van der Waals surface area contributed by atoms with Crippen molar-refractivity contribution in [2.24, 2.45) is 0 Å². The monoisotopic (exact) mass is 219 g/mol. The van der Waals surface area contributed by atoms with E-state index in [2.05, 4.69) is 27.8 Å². The molecule has 0 bridgehead atoms. The second-order valence-corrected chi connectivity index (χ2v) is 3.66. The van der Waals surface area contributed by atoms with Gasteiger partial charge < -0.3 is 5.32 Å². The maximum Gasteiger partial charge on any atom is 0.234 e. The van der Waals surface area contributed by atoms with Crippen molar-refractivity contribution in [3.8, 4) is 0 Å². The van der Waals surface area contributed by atoms with E-state index in [0.717, 1.165) is 12.0 Å². The number of rotatable bonds is 4. The smallest absolute Gasteiger partial charge is 0.234 e. The fourth-order valence-electron chi connectivity index (χ4n) is 0.534. The molecule has 64 valence electrons. The third kappa shape index (κ3) is 5.01. The van der Waals surface area contributed by atoms with Crippen LogP contribution in [-0.2, 0) is 4.79 Å². The lowest BCUT2D eigenvalue weighted by molar-refractivity contribution is -0.120. The molecule has 2 nitrogen and oxygen atoms in total. The van der Waals surface area contributed by atoms with Gasteiger partial charge in [0.2, 0.25) is 5.91 Å². The summed E-state index contributed by atoms with van der Waals surface area (Å²) in [6, 6.07) is 0. The topological polar surface area (TPSA) is 29.1 Å². The Morgan fingerprint density at radius 1 is 1.73 bits per heavy atom. The number of hydrogen-bond donors (Lipinski definition) is 1. The van der Waals surface area contributed by atoms with Crippen LogP contribution in [0.15, 0.2) is 12.2 Å². The molecule has 0 aromatic rings. The molecule has 0 aliphatic rings. The number of hydrogen-bond acceptors (Lipinski definition) is 1. The Morgan fingerprint density at radius 2 is 2.27 bits per heavy atom. The summed E-state index contributed by atoms with van der Waals surface area (Å²) in [6.45, 7) is 8.10. The standard InChI is InChI=1S/C8H14BrNO/c1-4-7(9)8(11)10-5-6(2)3/h7H,2,4-5H2,1,3H3,(H,10,11). The van der Waals surface area contributed by atoms with Gasteiger partial charge in [-0.15, -0.1) is 0 Å². The van der Waals surface area contributed by atoms with E-state index in [0.29, 0.717) is 6.54 Å². The van der Waals surface area contributed by atoms with Gasteiger partial charge in [0, 0.05) is 6.54 Å². The minimum Gasteiger partial charge on any atom is -0.351 e. The Bertz CT molecular complexity index is 156. The zero-order valence-corrected chi connectivity index (χ0v) is 8.57. The largest absolute Gasteiger partial charge is 0.351 e. The molecule has 0 spiro atoms. The van der Waals surface area contributed by atoms with Crippen LogP contribution in [0.2, 0.25) is 0 Å². The zero-order chi connectivity index (χ0) is 8.85. The highest BCUT2D eigenvalue weighted by atomic mass is 79.9. The Hall–Kier alpha value is -0.310. The van der Waals surface area contributed by atoms with Gasteiger partial charge in [-0.2, -0.15) is 0 Å². The number of nitrogens with one attached hydrogen (secondary N) is 1. The van der Waals surface area contributed by atoms with Crippen LogP contribution in [-0.4, -0.2) is 17.3 Å². The molecule has 1 N–H and O–H groups in total. The summed E-state index contributed by atoms with van der Waals surface area (Å²) in [7, 11) is 0. The van der Waals surface area contributed by atoms with Gasteiger partial charge in [-0.1, -0.05) is 35.0 Å². The molecule has 3 heteroatoms. The first-order chi connectivity index (χ1) is 5.07. The second kappa shape index (κ2) is 5.35. The molecular weight excluding hydrogens is 206 g/mol. The van der Waals surface area contributed by atoms with Crippen LogP contribution in [0.25, 0.3) is 0 Å². The Kier molecular flexibility index (Phi) is 5.20. The number of carbonyl (C=O) groups is 1. The first-order valence-corrected chi connectivity index (χ1v) is 4.55. The molecule has 1 atom stereocenters. The van der Waals surface area contributed by atoms with E-state index >= 15 is 0 Å². The summed E-state index contributed by atoms with van der Waals surface area (Å²) >= 11 is 3.25. The van der Waals surface area contributed by atoms with Crippen LogP contribution in [0.3, 0.4) is 0 Å².